The molecule has 106 valence electrons. The quantitative estimate of drug-likeness (QED) is 0.662. The van der Waals surface area contributed by atoms with Crippen LogP contribution < -0.4 is 11.3 Å². The zero-order valence-electron chi connectivity index (χ0n) is 12.7. The van der Waals surface area contributed by atoms with Gasteiger partial charge in [-0.2, -0.15) is 0 Å². The molecule has 0 amide bonds. The Morgan fingerprint density at radius 2 is 1.75 bits per heavy atom. The van der Waals surface area contributed by atoms with Crippen LogP contribution in [0.25, 0.3) is 0 Å². The second-order valence-electron chi connectivity index (χ2n) is 5.53. The SMILES string of the molecule is Cc1cc(C)c(CC(NN)c2ccncc2C)c(C)c1. The van der Waals surface area contributed by atoms with Gasteiger partial charge in [-0.1, -0.05) is 17.7 Å². The van der Waals surface area contributed by atoms with Crippen LogP contribution in [-0.2, 0) is 6.42 Å². The summed E-state index contributed by atoms with van der Waals surface area (Å²) in [5, 5.41) is 0. The van der Waals surface area contributed by atoms with Crippen molar-refractivity contribution in [2.45, 2.75) is 40.2 Å². The molecule has 2 rings (SSSR count). The number of hydrogen-bond donors (Lipinski definition) is 2. The summed E-state index contributed by atoms with van der Waals surface area (Å²) in [5.41, 5.74) is 10.7. The van der Waals surface area contributed by atoms with Gasteiger partial charge in [0.05, 0.1) is 6.04 Å². The molecule has 0 fully saturated rings. The van der Waals surface area contributed by atoms with Crippen molar-refractivity contribution < 1.29 is 0 Å². The van der Waals surface area contributed by atoms with Gasteiger partial charge in [0.15, 0.2) is 0 Å². The fraction of sp³-hybridized carbons (Fsp3) is 0.353. The minimum Gasteiger partial charge on any atom is -0.271 e. The molecule has 1 atom stereocenters. The van der Waals surface area contributed by atoms with Gasteiger partial charge in [0, 0.05) is 12.4 Å². The van der Waals surface area contributed by atoms with Crippen molar-refractivity contribution in [2.24, 2.45) is 5.84 Å². The van der Waals surface area contributed by atoms with Crippen molar-refractivity contribution in [3.05, 3.63) is 64.0 Å². The average molecular weight is 269 g/mol. The average Bonchev–Trinajstić information content (AvgIpc) is 2.39. The molecule has 1 heterocycles. The second-order valence-corrected chi connectivity index (χ2v) is 5.53. The molecule has 1 aromatic heterocycles. The Morgan fingerprint density at radius 1 is 1.10 bits per heavy atom. The van der Waals surface area contributed by atoms with Crippen LogP contribution >= 0.6 is 0 Å². The zero-order chi connectivity index (χ0) is 14.7. The molecular formula is C17H23N3. The first-order chi connectivity index (χ1) is 9.52. The number of hydrazine groups is 1. The molecular weight excluding hydrogens is 246 g/mol. The van der Waals surface area contributed by atoms with E-state index in [1.807, 2.05) is 18.5 Å². The summed E-state index contributed by atoms with van der Waals surface area (Å²) in [6, 6.07) is 6.61. The van der Waals surface area contributed by atoms with Crippen molar-refractivity contribution in [1.29, 1.82) is 0 Å². The molecule has 2 aromatic rings. The topological polar surface area (TPSA) is 50.9 Å². The van der Waals surface area contributed by atoms with Gasteiger partial charge >= 0.3 is 0 Å². The molecule has 1 unspecified atom stereocenters. The first-order valence-corrected chi connectivity index (χ1v) is 6.96. The van der Waals surface area contributed by atoms with Crippen LogP contribution in [0, 0.1) is 27.7 Å². The summed E-state index contributed by atoms with van der Waals surface area (Å²) in [4.78, 5) is 4.15. The largest absolute Gasteiger partial charge is 0.271 e. The first-order valence-electron chi connectivity index (χ1n) is 6.96. The Morgan fingerprint density at radius 3 is 2.30 bits per heavy atom. The maximum absolute atomic E-state index is 5.78. The summed E-state index contributed by atoms with van der Waals surface area (Å²) in [6.07, 6.45) is 4.59. The number of nitrogens with zero attached hydrogens (tertiary/aromatic N) is 1. The van der Waals surface area contributed by atoms with Gasteiger partial charge in [-0.05, 0) is 68.0 Å². The molecule has 3 heteroatoms. The number of hydrogen-bond acceptors (Lipinski definition) is 3. The highest BCUT2D eigenvalue weighted by molar-refractivity contribution is 5.39. The van der Waals surface area contributed by atoms with Crippen LogP contribution in [0.15, 0.2) is 30.6 Å². The normalized spacial score (nSPS) is 12.4. The Hall–Kier alpha value is -1.71. The van der Waals surface area contributed by atoms with E-state index in [9.17, 15) is 0 Å². The molecule has 0 saturated carbocycles. The monoisotopic (exact) mass is 269 g/mol. The molecule has 0 saturated heterocycles. The van der Waals surface area contributed by atoms with E-state index in [4.69, 9.17) is 5.84 Å². The van der Waals surface area contributed by atoms with E-state index in [0.717, 1.165) is 12.0 Å². The summed E-state index contributed by atoms with van der Waals surface area (Å²) in [6.45, 7) is 8.54. The minimum absolute atomic E-state index is 0.109. The standard InChI is InChI=1S/C17H23N3/c1-11-7-12(2)16(13(3)8-11)9-17(20-18)15-5-6-19-10-14(15)4/h5-8,10,17,20H,9,18H2,1-4H3. The summed E-state index contributed by atoms with van der Waals surface area (Å²) in [7, 11) is 0. The third-order valence-electron chi connectivity index (χ3n) is 3.89. The van der Waals surface area contributed by atoms with Crippen LogP contribution in [0.3, 0.4) is 0 Å². The van der Waals surface area contributed by atoms with Crippen LogP contribution in [0.1, 0.15) is 39.4 Å². The molecule has 3 N–H and O–H groups in total. The molecule has 0 spiro atoms. The van der Waals surface area contributed by atoms with E-state index in [0.29, 0.717) is 0 Å². The van der Waals surface area contributed by atoms with Crippen LogP contribution in [0.5, 0.6) is 0 Å². The van der Waals surface area contributed by atoms with Crippen LogP contribution in [-0.4, -0.2) is 4.98 Å². The smallest absolute Gasteiger partial charge is 0.0504 e. The lowest BCUT2D eigenvalue weighted by atomic mass is 9.91. The Labute approximate surface area is 121 Å². The molecule has 0 aliphatic rings. The second kappa shape index (κ2) is 6.16. The number of pyridine rings is 1. The van der Waals surface area contributed by atoms with Crippen LogP contribution in [0.4, 0.5) is 0 Å². The predicted molar refractivity (Wildman–Crippen MR) is 83.4 cm³/mol. The third-order valence-corrected chi connectivity index (χ3v) is 3.89. The van der Waals surface area contributed by atoms with E-state index in [2.05, 4.69) is 50.2 Å². The predicted octanol–water partition coefficient (Wildman–Crippen LogP) is 3.06. The van der Waals surface area contributed by atoms with E-state index in [1.54, 1.807) is 0 Å². The lowest BCUT2D eigenvalue weighted by molar-refractivity contribution is 0.546. The highest BCUT2D eigenvalue weighted by Crippen LogP contribution is 2.25. The molecule has 3 nitrogen and oxygen atoms in total. The van der Waals surface area contributed by atoms with Gasteiger partial charge in [0.2, 0.25) is 0 Å². The van der Waals surface area contributed by atoms with Gasteiger partial charge < -0.3 is 0 Å². The number of aromatic nitrogens is 1. The fourth-order valence-electron chi connectivity index (χ4n) is 2.87. The first kappa shape index (κ1) is 14.7. The highest BCUT2D eigenvalue weighted by Gasteiger charge is 2.15. The molecule has 20 heavy (non-hydrogen) atoms. The molecule has 0 radical (unpaired) electrons. The maximum atomic E-state index is 5.78. The van der Waals surface area contributed by atoms with Gasteiger partial charge in [-0.15, -0.1) is 0 Å². The van der Waals surface area contributed by atoms with E-state index < -0.39 is 0 Å². The fourth-order valence-corrected chi connectivity index (χ4v) is 2.87. The Balaban J connectivity index is 2.35. The van der Waals surface area contributed by atoms with E-state index in [1.165, 1.54) is 27.8 Å². The number of aryl methyl sites for hydroxylation is 4. The number of nitrogens with one attached hydrogen (secondary N) is 1. The Kier molecular flexibility index (Phi) is 4.53. The van der Waals surface area contributed by atoms with Crippen molar-refractivity contribution in [1.82, 2.24) is 10.4 Å². The van der Waals surface area contributed by atoms with E-state index >= 15 is 0 Å². The Bertz CT molecular complexity index is 582. The summed E-state index contributed by atoms with van der Waals surface area (Å²) in [5.74, 6) is 5.78. The van der Waals surface area contributed by atoms with Gasteiger partial charge in [0.25, 0.3) is 0 Å². The maximum Gasteiger partial charge on any atom is 0.0504 e. The molecule has 0 bridgehead atoms. The summed E-state index contributed by atoms with van der Waals surface area (Å²) < 4.78 is 0. The number of nitrogens with two attached hydrogens (primary N) is 1. The molecule has 1 aromatic carbocycles. The zero-order valence-corrected chi connectivity index (χ0v) is 12.7. The van der Waals surface area contributed by atoms with Crippen molar-refractivity contribution in [3.63, 3.8) is 0 Å². The highest BCUT2D eigenvalue weighted by atomic mass is 15.2. The van der Waals surface area contributed by atoms with Gasteiger partial charge in [-0.25, -0.2) is 0 Å². The summed E-state index contributed by atoms with van der Waals surface area (Å²) >= 11 is 0. The lowest BCUT2D eigenvalue weighted by Gasteiger charge is -2.21. The van der Waals surface area contributed by atoms with Gasteiger partial charge in [0.1, 0.15) is 0 Å². The third kappa shape index (κ3) is 3.06. The van der Waals surface area contributed by atoms with E-state index in [-0.39, 0.29) is 6.04 Å². The minimum atomic E-state index is 0.109. The number of rotatable bonds is 4. The van der Waals surface area contributed by atoms with Crippen molar-refractivity contribution in [2.75, 3.05) is 0 Å². The lowest BCUT2D eigenvalue weighted by Crippen LogP contribution is -2.30. The van der Waals surface area contributed by atoms with Gasteiger partial charge in [-0.3, -0.25) is 16.3 Å². The molecule has 0 aliphatic heterocycles. The van der Waals surface area contributed by atoms with Crippen LogP contribution in [0.2, 0.25) is 0 Å². The van der Waals surface area contributed by atoms with Crippen molar-refractivity contribution >= 4 is 0 Å². The van der Waals surface area contributed by atoms with Crippen molar-refractivity contribution in [3.8, 4) is 0 Å². The molecule has 0 aliphatic carbocycles. The number of benzene rings is 1.